The third kappa shape index (κ3) is 4.02. The van der Waals surface area contributed by atoms with E-state index in [9.17, 15) is 0 Å². The van der Waals surface area contributed by atoms with Crippen LogP contribution in [0, 0.1) is 0 Å². The Morgan fingerprint density at radius 1 is 1.04 bits per heavy atom. The average molecular weight is 362 g/mol. The zero-order chi connectivity index (χ0) is 16.2. The molecule has 4 heteroatoms. The molecule has 0 aliphatic heterocycles. The maximum absolute atomic E-state index is 6.19. The van der Waals surface area contributed by atoms with Crippen molar-refractivity contribution in [3.8, 4) is 5.75 Å². The van der Waals surface area contributed by atoms with Gasteiger partial charge in [-0.05, 0) is 41.0 Å². The lowest BCUT2D eigenvalue weighted by atomic mass is 9.99. The summed E-state index contributed by atoms with van der Waals surface area (Å²) in [5, 5.41) is 6.78. The Labute approximate surface area is 154 Å². The summed E-state index contributed by atoms with van der Waals surface area (Å²) in [4.78, 5) is 0. The fourth-order valence-electron chi connectivity index (χ4n) is 2.83. The summed E-state index contributed by atoms with van der Waals surface area (Å²) < 4.78 is 5.19. The van der Waals surface area contributed by atoms with Crippen LogP contribution in [0.2, 0.25) is 5.02 Å². The molecular weight excluding hydrogens is 341 g/mol. The lowest BCUT2D eigenvalue weighted by Crippen LogP contribution is -2.18. The summed E-state index contributed by atoms with van der Waals surface area (Å²) >= 11 is 6.19. The van der Waals surface area contributed by atoms with Crippen LogP contribution in [0.3, 0.4) is 0 Å². The lowest BCUT2D eigenvalue weighted by Gasteiger charge is -2.17. The van der Waals surface area contributed by atoms with Crippen molar-refractivity contribution < 1.29 is 4.74 Å². The molecule has 0 saturated heterocycles. The molecule has 2 nitrogen and oxygen atoms in total. The zero-order valence-electron chi connectivity index (χ0n) is 13.8. The third-order valence-electron chi connectivity index (χ3n) is 4.12. The summed E-state index contributed by atoms with van der Waals surface area (Å²) in [6.07, 6.45) is 0. The van der Waals surface area contributed by atoms with Gasteiger partial charge in [0.15, 0.2) is 0 Å². The van der Waals surface area contributed by atoms with Gasteiger partial charge in [-0.1, -0.05) is 60.1 Å². The van der Waals surface area contributed by atoms with Crippen molar-refractivity contribution in [3.63, 3.8) is 0 Å². The van der Waals surface area contributed by atoms with Crippen LogP contribution in [-0.4, -0.2) is 7.11 Å². The van der Waals surface area contributed by atoms with Crippen molar-refractivity contribution in [2.24, 2.45) is 0 Å². The largest absolute Gasteiger partial charge is 0.495 e. The van der Waals surface area contributed by atoms with Gasteiger partial charge in [0, 0.05) is 12.6 Å². The average Bonchev–Trinajstić information content (AvgIpc) is 2.59. The smallest absolute Gasteiger partial charge is 0.137 e. The maximum atomic E-state index is 6.19. The summed E-state index contributed by atoms with van der Waals surface area (Å²) in [5.41, 5.74) is 2.45. The van der Waals surface area contributed by atoms with E-state index in [2.05, 4.69) is 54.7 Å². The van der Waals surface area contributed by atoms with Gasteiger partial charge >= 0.3 is 0 Å². The van der Waals surface area contributed by atoms with Crippen LogP contribution in [0.25, 0.3) is 10.8 Å². The van der Waals surface area contributed by atoms with E-state index >= 15 is 0 Å². The number of halogens is 2. The fraction of sp³-hybridized carbons (Fsp3) is 0.200. The van der Waals surface area contributed by atoms with Crippen molar-refractivity contribution in [2.45, 2.75) is 19.5 Å². The Bertz CT molecular complexity index is 814. The van der Waals surface area contributed by atoms with Crippen molar-refractivity contribution >= 4 is 34.8 Å². The highest BCUT2D eigenvalue weighted by Gasteiger charge is 2.09. The Balaban J connectivity index is 0.00000208. The molecule has 0 aliphatic carbocycles. The van der Waals surface area contributed by atoms with E-state index in [1.54, 1.807) is 7.11 Å². The van der Waals surface area contributed by atoms with Gasteiger partial charge in [0.1, 0.15) is 5.75 Å². The van der Waals surface area contributed by atoms with Crippen molar-refractivity contribution in [3.05, 3.63) is 76.8 Å². The molecular formula is C20H21Cl2NO. The van der Waals surface area contributed by atoms with Crippen LogP contribution in [0.4, 0.5) is 0 Å². The van der Waals surface area contributed by atoms with E-state index in [1.165, 1.54) is 16.3 Å². The van der Waals surface area contributed by atoms with Crippen molar-refractivity contribution in [2.75, 3.05) is 7.11 Å². The third-order valence-corrected chi connectivity index (χ3v) is 4.41. The second-order valence-electron chi connectivity index (χ2n) is 5.64. The van der Waals surface area contributed by atoms with E-state index < -0.39 is 0 Å². The predicted octanol–water partition coefficient (Wildman–Crippen LogP) is 5.77. The molecule has 1 unspecified atom stereocenters. The molecule has 0 aromatic heterocycles. The van der Waals surface area contributed by atoms with E-state index in [0.717, 1.165) is 12.1 Å². The number of methoxy groups -OCH3 is 1. The molecule has 3 aromatic carbocycles. The number of fused-ring (bicyclic) bond motifs is 1. The maximum Gasteiger partial charge on any atom is 0.137 e. The van der Waals surface area contributed by atoms with Crippen LogP contribution in [-0.2, 0) is 6.54 Å². The van der Waals surface area contributed by atoms with Crippen LogP contribution < -0.4 is 10.1 Å². The second kappa shape index (κ2) is 8.39. The molecule has 1 atom stereocenters. The van der Waals surface area contributed by atoms with Gasteiger partial charge in [0.2, 0.25) is 0 Å². The van der Waals surface area contributed by atoms with Crippen molar-refractivity contribution in [1.29, 1.82) is 0 Å². The van der Waals surface area contributed by atoms with Gasteiger partial charge in [-0.25, -0.2) is 0 Å². The normalized spacial score (nSPS) is 11.8. The highest BCUT2D eigenvalue weighted by Crippen LogP contribution is 2.26. The predicted molar refractivity (Wildman–Crippen MR) is 104 cm³/mol. The molecule has 0 fully saturated rings. The topological polar surface area (TPSA) is 21.3 Å². The second-order valence-corrected chi connectivity index (χ2v) is 6.05. The lowest BCUT2D eigenvalue weighted by molar-refractivity contribution is 0.414. The van der Waals surface area contributed by atoms with Gasteiger partial charge < -0.3 is 10.1 Å². The fourth-order valence-corrected chi connectivity index (χ4v) is 3.11. The van der Waals surface area contributed by atoms with E-state index in [-0.39, 0.29) is 18.4 Å². The Morgan fingerprint density at radius 3 is 2.54 bits per heavy atom. The standard InChI is InChI=1S/C20H20ClNO.ClH/c1-14(17-9-5-7-16-6-3-4-8-18(16)17)22-13-15-10-11-20(23-2)19(21)12-15;/h3-12,14,22H,13H2,1-2H3;1H. The highest BCUT2D eigenvalue weighted by molar-refractivity contribution is 6.32. The number of hydrogen-bond acceptors (Lipinski definition) is 2. The first-order valence-corrected chi connectivity index (χ1v) is 8.10. The minimum atomic E-state index is 0. The molecule has 0 amide bonds. The molecule has 126 valence electrons. The molecule has 0 aliphatic rings. The monoisotopic (exact) mass is 361 g/mol. The molecule has 0 radical (unpaired) electrons. The SMILES string of the molecule is COc1ccc(CNC(C)c2cccc3ccccc23)cc1Cl.Cl. The quantitative estimate of drug-likeness (QED) is 0.622. The number of nitrogens with one attached hydrogen (secondary N) is 1. The summed E-state index contributed by atoms with van der Waals surface area (Å²) in [7, 11) is 1.63. The molecule has 3 aromatic rings. The van der Waals surface area contributed by atoms with Gasteiger partial charge in [0.25, 0.3) is 0 Å². The molecule has 1 N–H and O–H groups in total. The van der Waals surface area contributed by atoms with Crippen LogP contribution >= 0.6 is 24.0 Å². The number of rotatable bonds is 5. The molecule has 0 bridgehead atoms. The first-order chi connectivity index (χ1) is 11.2. The van der Waals surface area contributed by atoms with E-state index in [1.807, 2.05) is 18.2 Å². The minimum Gasteiger partial charge on any atom is -0.495 e. The molecule has 0 heterocycles. The van der Waals surface area contributed by atoms with Crippen LogP contribution in [0.5, 0.6) is 5.75 Å². The molecule has 24 heavy (non-hydrogen) atoms. The number of ether oxygens (including phenoxy) is 1. The van der Waals surface area contributed by atoms with Crippen LogP contribution in [0.15, 0.2) is 60.7 Å². The van der Waals surface area contributed by atoms with Gasteiger partial charge in [-0.2, -0.15) is 0 Å². The van der Waals surface area contributed by atoms with Gasteiger partial charge in [0.05, 0.1) is 12.1 Å². The Kier molecular flexibility index (Phi) is 6.50. The van der Waals surface area contributed by atoms with Gasteiger partial charge in [-0.3, -0.25) is 0 Å². The molecule has 3 rings (SSSR count). The van der Waals surface area contributed by atoms with E-state index in [4.69, 9.17) is 16.3 Å². The number of hydrogen-bond donors (Lipinski definition) is 1. The van der Waals surface area contributed by atoms with Gasteiger partial charge in [-0.15, -0.1) is 12.4 Å². The van der Waals surface area contributed by atoms with Crippen molar-refractivity contribution in [1.82, 2.24) is 5.32 Å². The Morgan fingerprint density at radius 2 is 1.79 bits per heavy atom. The first kappa shape index (κ1) is 18.6. The molecule has 0 spiro atoms. The highest BCUT2D eigenvalue weighted by atomic mass is 35.5. The minimum absolute atomic E-state index is 0. The zero-order valence-corrected chi connectivity index (χ0v) is 15.3. The van der Waals surface area contributed by atoms with Crippen LogP contribution in [0.1, 0.15) is 24.1 Å². The summed E-state index contributed by atoms with van der Waals surface area (Å²) in [5.74, 6) is 0.706. The number of benzene rings is 3. The molecule has 0 saturated carbocycles. The first-order valence-electron chi connectivity index (χ1n) is 7.72. The van der Waals surface area contributed by atoms with E-state index in [0.29, 0.717) is 10.8 Å². The summed E-state index contributed by atoms with van der Waals surface area (Å²) in [6.45, 7) is 2.95. The Hall–Kier alpha value is -1.74. The summed E-state index contributed by atoms with van der Waals surface area (Å²) in [6, 6.07) is 21.1.